The van der Waals surface area contributed by atoms with Crippen molar-refractivity contribution in [2.24, 2.45) is 0 Å². The lowest BCUT2D eigenvalue weighted by molar-refractivity contribution is 0.140. The van der Waals surface area contributed by atoms with E-state index in [-0.39, 0.29) is 6.10 Å². The van der Waals surface area contributed by atoms with Crippen LogP contribution in [-0.2, 0) is 0 Å². The molecule has 2 rings (SSSR count). The van der Waals surface area contributed by atoms with Gasteiger partial charge in [-0.05, 0) is 13.5 Å². The third-order valence-electron chi connectivity index (χ3n) is 3.27. The zero-order valence-electron chi connectivity index (χ0n) is 8.95. The van der Waals surface area contributed by atoms with Gasteiger partial charge in [-0.15, -0.1) is 0 Å². The normalized spacial score (nSPS) is 36.4. The Hall–Kier alpha value is -0.160. The fourth-order valence-electron chi connectivity index (χ4n) is 2.28. The average molecular weight is 199 g/mol. The van der Waals surface area contributed by atoms with Gasteiger partial charge in [0.25, 0.3) is 0 Å². The summed E-state index contributed by atoms with van der Waals surface area (Å²) in [4.78, 5) is 4.86. The standard InChI is InChI=1S/C10H21N3O/c1-12-2-4-13(5-3-12)8-9-6-10(14)7-11-9/h9-11,14H,2-8H2,1H3. The summed E-state index contributed by atoms with van der Waals surface area (Å²) in [7, 11) is 2.18. The van der Waals surface area contributed by atoms with Crippen molar-refractivity contribution in [3.63, 3.8) is 0 Å². The number of rotatable bonds is 2. The van der Waals surface area contributed by atoms with Crippen molar-refractivity contribution in [3.8, 4) is 0 Å². The Morgan fingerprint density at radius 2 is 2.00 bits per heavy atom. The Morgan fingerprint density at radius 1 is 1.29 bits per heavy atom. The van der Waals surface area contributed by atoms with Crippen LogP contribution in [0.5, 0.6) is 0 Å². The number of β-amino-alcohol motifs (C(OH)–C–C–N with tert-alkyl or cyclic N) is 1. The number of piperazine rings is 1. The Morgan fingerprint density at radius 3 is 2.57 bits per heavy atom. The molecule has 2 aliphatic rings. The Bertz CT molecular complexity index is 180. The molecule has 2 fully saturated rings. The highest BCUT2D eigenvalue weighted by Crippen LogP contribution is 2.09. The first-order valence-electron chi connectivity index (χ1n) is 5.56. The summed E-state index contributed by atoms with van der Waals surface area (Å²) in [6.45, 7) is 6.57. The van der Waals surface area contributed by atoms with Crippen LogP contribution in [0.4, 0.5) is 0 Å². The SMILES string of the molecule is CN1CCN(CC2CC(O)CN2)CC1. The van der Waals surface area contributed by atoms with Crippen molar-refractivity contribution in [1.29, 1.82) is 0 Å². The smallest absolute Gasteiger partial charge is 0.0680 e. The molecule has 0 amide bonds. The maximum atomic E-state index is 9.38. The third-order valence-corrected chi connectivity index (χ3v) is 3.27. The average Bonchev–Trinajstić information content (AvgIpc) is 2.56. The van der Waals surface area contributed by atoms with E-state index in [0.717, 1.165) is 19.5 Å². The van der Waals surface area contributed by atoms with Crippen molar-refractivity contribution in [2.75, 3.05) is 46.3 Å². The van der Waals surface area contributed by atoms with Crippen LogP contribution in [0.25, 0.3) is 0 Å². The number of aliphatic hydroxyl groups is 1. The number of aliphatic hydroxyl groups excluding tert-OH is 1. The van der Waals surface area contributed by atoms with E-state index in [1.807, 2.05) is 0 Å². The number of likely N-dealkylation sites (N-methyl/N-ethyl adjacent to an activating group) is 1. The van der Waals surface area contributed by atoms with Gasteiger partial charge in [0.05, 0.1) is 6.10 Å². The zero-order chi connectivity index (χ0) is 9.97. The molecule has 4 heteroatoms. The number of nitrogens with zero attached hydrogens (tertiary/aromatic N) is 2. The van der Waals surface area contributed by atoms with Crippen molar-refractivity contribution in [1.82, 2.24) is 15.1 Å². The van der Waals surface area contributed by atoms with E-state index >= 15 is 0 Å². The summed E-state index contributed by atoms with van der Waals surface area (Å²) in [6, 6.07) is 0.508. The molecule has 0 aromatic rings. The minimum atomic E-state index is -0.118. The highest BCUT2D eigenvalue weighted by atomic mass is 16.3. The molecule has 82 valence electrons. The number of hydrogen-bond acceptors (Lipinski definition) is 4. The Labute approximate surface area is 85.9 Å². The molecule has 2 unspecified atom stereocenters. The molecule has 0 aliphatic carbocycles. The van der Waals surface area contributed by atoms with Gasteiger partial charge in [0, 0.05) is 45.3 Å². The maximum Gasteiger partial charge on any atom is 0.0680 e. The van der Waals surface area contributed by atoms with Crippen LogP contribution in [0.15, 0.2) is 0 Å². The lowest BCUT2D eigenvalue weighted by Crippen LogP contribution is -2.48. The second-order valence-electron chi connectivity index (χ2n) is 4.60. The molecule has 2 atom stereocenters. The lowest BCUT2D eigenvalue weighted by Gasteiger charge is -2.33. The molecule has 0 saturated carbocycles. The van der Waals surface area contributed by atoms with Gasteiger partial charge >= 0.3 is 0 Å². The van der Waals surface area contributed by atoms with Gasteiger partial charge in [-0.1, -0.05) is 0 Å². The topological polar surface area (TPSA) is 38.7 Å². The van der Waals surface area contributed by atoms with Gasteiger partial charge < -0.3 is 15.3 Å². The molecule has 0 aromatic heterocycles. The zero-order valence-corrected chi connectivity index (χ0v) is 8.95. The molecular weight excluding hydrogens is 178 g/mol. The quantitative estimate of drug-likeness (QED) is 0.596. The van der Waals surface area contributed by atoms with Crippen LogP contribution in [0, 0.1) is 0 Å². The van der Waals surface area contributed by atoms with Crippen LogP contribution in [0.2, 0.25) is 0 Å². The van der Waals surface area contributed by atoms with E-state index in [9.17, 15) is 5.11 Å². The molecule has 0 spiro atoms. The van der Waals surface area contributed by atoms with Crippen molar-refractivity contribution < 1.29 is 5.11 Å². The second kappa shape index (κ2) is 4.57. The molecular formula is C10H21N3O. The summed E-state index contributed by atoms with van der Waals surface area (Å²) in [5.41, 5.74) is 0. The van der Waals surface area contributed by atoms with E-state index in [1.54, 1.807) is 0 Å². The van der Waals surface area contributed by atoms with Crippen LogP contribution >= 0.6 is 0 Å². The van der Waals surface area contributed by atoms with Crippen LogP contribution in [0.3, 0.4) is 0 Å². The monoisotopic (exact) mass is 199 g/mol. The van der Waals surface area contributed by atoms with E-state index in [4.69, 9.17) is 0 Å². The fraction of sp³-hybridized carbons (Fsp3) is 1.00. The highest BCUT2D eigenvalue weighted by molar-refractivity contribution is 4.84. The summed E-state index contributed by atoms with van der Waals surface area (Å²) in [6.07, 6.45) is 0.805. The molecule has 0 aromatic carbocycles. The van der Waals surface area contributed by atoms with E-state index < -0.39 is 0 Å². The van der Waals surface area contributed by atoms with E-state index in [1.165, 1.54) is 26.2 Å². The molecule has 4 nitrogen and oxygen atoms in total. The summed E-state index contributed by atoms with van der Waals surface area (Å²) in [5.74, 6) is 0. The van der Waals surface area contributed by atoms with Gasteiger partial charge in [0.15, 0.2) is 0 Å². The molecule has 2 heterocycles. The maximum absolute atomic E-state index is 9.38. The Balaban J connectivity index is 1.70. The molecule has 0 radical (unpaired) electrons. The van der Waals surface area contributed by atoms with Gasteiger partial charge in [-0.2, -0.15) is 0 Å². The first-order valence-corrected chi connectivity index (χ1v) is 5.56. The largest absolute Gasteiger partial charge is 0.392 e. The van der Waals surface area contributed by atoms with Crippen molar-refractivity contribution >= 4 is 0 Å². The van der Waals surface area contributed by atoms with Crippen LogP contribution in [-0.4, -0.2) is 73.4 Å². The summed E-state index contributed by atoms with van der Waals surface area (Å²) >= 11 is 0. The van der Waals surface area contributed by atoms with Gasteiger partial charge in [-0.25, -0.2) is 0 Å². The summed E-state index contributed by atoms with van der Waals surface area (Å²) < 4.78 is 0. The molecule has 2 N–H and O–H groups in total. The van der Waals surface area contributed by atoms with E-state index in [0.29, 0.717) is 6.04 Å². The molecule has 14 heavy (non-hydrogen) atoms. The minimum absolute atomic E-state index is 0.118. The fourth-order valence-corrected chi connectivity index (χ4v) is 2.28. The molecule has 2 saturated heterocycles. The van der Waals surface area contributed by atoms with Gasteiger partial charge in [-0.3, -0.25) is 4.90 Å². The number of hydrogen-bond donors (Lipinski definition) is 2. The van der Waals surface area contributed by atoms with Gasteiger partial charge in [0.1, 0.15) is 0 Å². The van der Waals surface area contributed by atoms with Crippen molar-refractivity contribution in [2.45, 2.75) is 18.6 Å². The Kier molecular flexibility index (Phi) is 3.38. The van der Waals surface area contributed by atoms with Crippen molar-refractivity contribution in [3.05, 3.63) is 0 Å². The predicted molar refractivity (Wildman–Crippen MR) is 56.4 cm³/mol. The minimum Gasteiger partial charge on any atom is -0.392 e. The second-order valence-corrected chi connectivity index (χ2v) is 4.60. The predicted octanol–water partition coefficient (Wildman–Crippen LogP) is -1.04. The van der Waals surface area contributed by atoms with E-state index in [2.05, 4.69) is 22.2 Å². The number of nitrogens with one attached hydrogen (secondary N) is 1. The molecule has 2 aliphatic heterocycles. The first kappa shape index (κ1) is 10.4. The first-order chi connectivity index (χ1) is 6.74. The third kappa shape index (κ3) is 2.67. The highest BCUT2D eigenvalue weighted by Gasteiger charge is 2.24. The lowest BCUT2D eigenvalue weighted by atomic mass is 10.2. The van der Waals surface area contributed by atoms with Crippen LogP contribution < -0.4 is 5.32 Å². The van der Waals surface area contributed by atoms with Crippen LogP contribution in [0.1, 0.15) is 6.42 Å². The molecule has 0 bridgehead atoms. The van der Waals surface area contributed by atoms with Gasteiger partial charge in [0.2, 0.25) is 0 Å². The summed E-state index contributed by atoms with van der Waals surface area (Å²) in [5, 5.41) is 12.7.